The fourth-order valence-corrected chi connectivity index (χ4v) is 5.18. The molecule has 0 spiro atoms. The molecule has 4 rings (SSSR count). The second kappa shape index (κ2) is 11.6. The van der Waals surface area contributed by atoms with Gasteiger partial charge in [0.1, 0.15) is 17.1 Å². The number of allylic oxidation sites excluding steroid dienone is 3. The van der Waals surface area contributed by atoms with Crippen LogP contribution in [0.25, 0.3) is 6.08 Å². The molecule has 174 valence electrons. The zero-order chi connectivity index (χ0) is 24.2. The summed E-state index contributed by atoms with van der Waals surface area (Å²) in [5, 5.41) is 34.9. The average molecular weight is 522 g/mol. The molecule has 35 heavy (non-hydrogen) atoms. The van der Waals surface area contributed by atoms with Crippen LogP contribution in [0.1, 0.15) is 11.3 Å². The maximum absolute atomic E-state index is 12.7. The molecule has 4 N–H and O–H groups in total. The van der Waals surface area contributed by atoms with Crippen LogP contribution in [0.5, 0.6) is 0 Å². The molecular weight excluding hydrogens is 505 g/mol. The second-order valence-electron chi connectivity index (χ2n) is 6.94. The van der Waals surface area contributed by atoms with Gasteiger partial charge >= 0.3 is 29.6 Å². The molecule has 0 aliphatic carbocycles. The number of oxime groups is 1. The van der Waals surface area contributed by atoms with E-state index in [-0.39, 0.29) is 51.8 Å². The van der Waals surface area contributed by atoms with Crippen molar-refractivity contribution in [2.24, 2.45) is 5.16 Å². The monoisotopic (exact) mass is 521 g/mol. The molecule has 0 saturated carbocycles. The number of carboxylic acid groups (broad SMARTS) is 1. The number of aromatic nitrogens is 3. The van der Waals surface area contributed by atoms with Crippen molar-refractivity contribution < 1.29 is 54.3 Å². The first kappa shape index (κ1) is 26.6. The van der Waals surface area contributed by atoms with E-state index in [9.17, 15) is 24.7 Å². The van der Waals surface area contributed by atoms with Crippen LogP contribution in [-0.2, 0) is 14.4 Å². The number of carbonyl (C=O) groups is 3. The molecule has 4 heterocycles. The van der Waals surface area contributed by atoms with E-state index >= 15 is 0 Å². The maximum Gasteiger partial charge on any atom is 1.00 e. The van der Waals surface area contributed by atoms with E-state index < -0.39 is 34.9 Å². The largest absolute Gasteiger partial charge is 1.00 e. The smallest absolute Gasteiger partial charge is 0.543 e. The number of nitrogens with two attached hydrogens (primary N) is 1. The zero-order valence-corrected chi connectivity index (χ0v) is 21.8. The predicted molar refractivity (Wildman–Crippen MR) is 122 cm³/mol. The Balaban J connectivity index is 0.00000342. The van der Waals surface area contributed by atoms with Gasteiger partial charge in [0.05, 0.1) is 24.1 Å². The summed E-state index contributed by atoms with van der Waals surface area (Å²) in [5.41, 5.74) is 6.15. The summed E-state index contributed by atoms with van der Waals surface area (Å²) < 4.78 is 0. The minimum Gasteiger partial charge on any atom is -0.543 e. The van der Waals surface area contributed by atoms with Crippen LogP contribution >= 0.6 is 23.1 Å². The van der Waals surface area contributed by atoms with E-state index in [1.807, 2.05) is 0 Å². The number of hydrogen-bond acceptors (Lipinski definition) is 12. The van der Waals surface area contributed by atoms with Gasteiger partial charge in [-0.2, -0.15) is 10.2 Å². The Morgan fingerprint density at radius 3 is 2.71 bits per heavy atom. The molecule has 2 aliphatic rings. The van der Waals surface area contributed by atoms with Crippen LogP contribution < -0.4 is 45.7 Å². The Labute approximate surface area is 229 Å². The Kier molecular flexibility index (Phi) is 8.80. The van der Waals surface area contributed by atoms with Gasteiger partial charge in [0.2, 0.25) is 0 Å². The number of thioether (sulfide) groups is 1. The third-order valence-electron chi connectivity index (χ3n) is 4.86. The third kappa shape index (κ3) is 5.62. The Morgan fingerprint density at radius 2 is 2.09 bits per heavy atom. The van der Waals surface area contributed by atoms with Gasteiger partial charge in [-0.05, 0) is 17.2 Å². The first-order valence-electron chi connectivity index (χ1n) is 9.65. The molecule has 0 radical (unpaired) electrons. The van der Waals surface area contributed by atoms with Gasteiger partial charge in [0, 0.05) is 11.1 Å². The summed E-state index contributed by atoms with van der Waals surface area (Å²) >= 11 is 2.33. The number of amides is 2. The van der Waals surface area contributed by atoms with Crippen molar-refractivity contribution in [1.29, 1.82) is 0 Å². The van der Waals surface area contributed by atoms with Gasteiger partial charge in [0.15, 0.2) is 10.8 Å². The van der Waals surface area contributed by atoms with E-state index in [1.165, 1.54) is 17.1 Å². The number of aliphatic carboxylic acids is 1. The Morgan fingerprint density at radius 1 is 1.31 bits per heavy atom. The maximum atomic E-state index is 12.7. The fraction of sp³-hybridized carbons (Fsp3) is 0.150. The number of thiazole rings is 1. The van der Waals surface area contributed by atoms with Gasteiger partial charge in [-0.3, -0.25) is 14.5 Å². The number of carbonyl (C=O) groups excluding carboxylic acids is 3. The van der Waals surface area contributed by atoms with E-state index in [2.05, 4.69) is 25.7 Å². The molecule has 0 bridgehead atoms. The van der Waals surface area contributed by atoms with Crippen LogP contribution in [0.4, 0.5) is 5.13 Å². The molecule has 2 amide bonds. The molecule has 2 aliphatic heterocycles. The number of carboxylic acids is 1. The average Bonchev–Trinajstić information content (AvgIpc) is 3.26. The predicted octanol–water partition coefficient (Wildman–Crippen LogP) is -3.63. The van der Waals surface area contributed by atoms with E-state index in [0.717, 1.165) is 21.8 Å². The number of nitrogens with one attached hydrogen (secondary N) is 1. The summed E-state index contributed by atoms with van der Waals surface area (Å²) in [4.78, 5) is 42.1. The topological polar surface area (TPSA) is 187 Å². The Bertz CT molecular complexity index is 1260. The molecule has 0 unspecified atom stereocenters. The van der Waals surface area contributed by atoms with Crippen LogP contribution in [0.15, 0.2) is 58.5 Å². The standard InChI is InChI=1S/C20H17N7O5S2.Na/c21-20-24-12(9-34-20)13(26-32)16(28)25-14-17(29)27-15(19(30)31)11(8-33-18(14)27)4-2-1-3-10-5-6-22-23-7-10;/h1-7,9,14,18,32H,8H2,(H2,21,24)(H,25,28)(H,30,31);/q;+1/p-1/b3-1+,4-2+,26-13-;/t14-,18-;/m1./s1. The van der Waals surface area contributed by atoms with Crippen LogP contribution in [0.2, 0.25) is 0 Å². The van der Waals surface area contributed by atoms with Crippen molar-refractivity contribution in [3.8, 4) is 0 Å². The second-order valence-corrected chi connectivity index (χ2v) is 8.93. The number of rotatable bonds is 7. The number of fused-ring (bicyclic) bond motifs is 1. The van der Waals surface area contributed by atoms with Crippen LogP contribution in [0.3, 0.4) is 0 Å². The number of β-lactam (4-membered cyclic amide) rings is 1. The summed E-state index contributed by atoms with van der Waals surface area (Å²) in [7, 11) is 0. The summed E-state index contributed by atoms with van der Waals surface area (Å²) in [6, 6.07) is 0.748. The van der Waals surface area contributed by atoms with Crippen molar-refractivity contribution in [2.45, 2.75) is 11.4 Å². The molecular formula is C20H16N7NaO5S2. The number of nitrogen functional groups attached to an aromatic ring is 1. The molecule has 12 nitrogen and oxygen atoms in total. The van der Waals surface area contributed by atoms with Crippen LogP contribution in [0, 0.1) is 0 Å². The Hall–Kier alpha value is -3.04. The van der Waals surface area contributed by atoms with E-state index in [0.29, 0.717) is 5.57 Å². The van der Waals surface area contributed by atoms with Gasteiger partial charge in [0.25, 0.3) is 11.8 Å². The van der Waals surface area contributed by atoms with Crippen molar-refractivity contribution in [3.05, 3.63) is 64.6 Å². The number of anilines is 1. The molecule has 2 atom stereocenters. The van der Waals surface area contributed by atoms with Crippen molar-refractivity contribution in [1.82, 2.24) is 25.4 Å². The van der Waals surface area contributed by atoms with Crippen LogP contribution in [-0.4, -0.2) is 66.0 Å². The molecule has 0 aromatic carbocycles. The SMILES string of the molecule is Nc1nc(/C(=N/O)C(=O)N[C@@H]2C(=O)N3C(C(=O)[O-])=C(/C=C/C=C/c4ccnnc4)CS[C@H]23)cs1.[Na+]. The van der Waals surface area contributed by atoms with E-state index in [4.69, 9.17) is 5.73 Å². The summed E-state index contributed by atoms with van der Waals surface area (Å²) in [6.07, 6.45) is 9.81. The number of hydrogen-bond donors (Lipinski definition) is 3. The van der Waals surface area contributed by atoms with Gasteiger partial charge in [-0.1, -0.05) is 29.5 Å². The molecule has 1 saturated heterocycles. The van der Waals surface area contributed by atoms with Crippen molar-refractivity contribution in [3.63, 3.8) is 0 Å². The third-order valence-corrected chi connectivity index (χ3v) is 6.84. The van der Waals surface area contributed by atoms with Gasteiger partial charge in [-0.25, -0.2) is 4.98 Å². The minimum absolute atomic E-state index is 0. The minimum atomic E-state index is -1.50. The summed E-state index contributed by atoms with van der Waals surface area (Å²) in [5.74, 6) is -2.69. The normalized spacial score (nSPS) is 19.9. The first-order valence-corrected chi connectivity index (χ1v) is 11.6. The first-order chi connectivity index (χ1) is 16.4. The van der Waals surface area contributed by atoms with E-state index in [1.54, 1.807) is 42.8 Å². The van der Waals surface area contributed by atoms with Gasteiger partial charge in [-0.15, -0.1) is 23.1 Å². The fourth-order valence-electron chi connectivity index (χ4n) is 3.32. The molecule has 1 fully saturated rings. The zero-order valence-electron chi connectivity index (χ0n) is 18.2. The quantitative estimate of drug-likeness (QED) is 0.0820. The van der Waals surface area contributed by atoms with Crippen molar-refractivity contribution >= 4 is 57.8 Å². The molecule has 2 aromatic heterocycles. The van der Waals surface area contributed by atoms with Crippen molar-refractivity contribution in [2.75, 3.05) is 11.5 Å². The van der Waals surface area contributed by atoms with Gasteiger partial charge < -0.3 is 26.2 Å². The number of nitrogens with zero attached hydrogens (tertiary/aromatic N) is 5. The molecule has 15 heteroatoms. The molecule has 2 aromatic rings. The summed E-state index contributed by atoms with van der Waals surface area (Å²) in [6.45, 7) is 0.